The van der Waals surface area contributed by atoms with Gasteiger partial charge in [0.1, 0.15) is 12.7 Å². The van der Waals surface area contributed by atoms with Gasteiger partial charge in [-0.15, -0.1) is 0 Å². The molecule has 0 aromatic heterocycles. The first-order chi connectivity index (χ1) is 11.0. The molecule has 0 saturated carbocycles. The average Bonchev–Trinajstić information content (AvgIpc) is 2.59. The van der Waals surface area contributed by atoms with Crippen molar-refractivity contribution >= 4 is 21.0 Å². The molecule has 9 nitrogen and oxygen atoms in total. The lowest BCUT2D eigenvalue weighted by Gasteiger charge is -2.24. The molecular formula is C13H28N2O7Si. The maximum atomic E-state index is 11.7. The summed E-state index contributed by atoms with van der Waals surface area (Å²) in [5.41, 5.74) is 0. The maximum absolute atomic E-state index is 11.7. The van der Waals surface area contributed by atoms with Crippen molar-refractivity contribution in [3.8, 4) is 0 Å². The van der Waals surface area contributed by atoms with Crippen LogP contribution in [-0.4, -0.2) is 68.6 Å². The van der Waals surface area contributed by atoms with E-state index >= 15 is 0 Å². The van der Waals surface area contributed by atoms with E-state index < -0.39 is 27.1 Å². The van der Waals surface area contributed by atoms with Gasteiger partial charge in [0.05, 0.1) is 0 Å². The maximum Gasteiger partial charge on any atom is 0.500 e. The highest BCUT2D eigenvalue weighted by Crippen LogP contribution is 2.14. The predicted octanol–water partition coefficient (Wildman–Crippen LogP) is 1.12. The lowest BCUT2D eigenvalue weighted by molar-refractivity contribution is 0.0430. The Kier molecular flexibility index (Phi) is 11.4. The molecule has 0 rings (SSSR count). The second-order valence-electron chi connectivity index (χ2n) is 4.61. The molecule has 10 heteroatoms. The van der Waals surface area contributed by atoms with Gasteiger partial charge >= 0.3 is 21.0 Å². The average molecular weight is 352 g/mol. The summed E-state index contributed by atoms with van der Waals surface area (Å²) in [5.74, 6) is 0. The number of carbonyl (C=O) groups is 2. The Labute approximate surface area is 138 Å². The van der Waals surface area contributed by atoms with Crippen molar-refractivity contribution in [3.05, 3.63) is 0 Å². The van der Waals surface area contributed by atoms with Gasteiger partial charge in [0.2, 0.25) is 0 Å². The fraction of sp³-hybridized carbons (Fsp3) is 0.846. The molecule has 1 atom stereocenters. The molecule has 0 aliphatic rings. The second-order valence-corrected chi connectivity index (χ2v) is 7.70. The zero-order valence-corrected chi connectivity index (χ0v) is 15.5. The summed E-state index contributed by atoms with van der Waals surface area (Å²) < 4.78 is 25.9. The zero-order chi connectivity index (χ0) is 17.7. The number of carbonyl (C=O) groups excluding carboxylic acids is 2. The molecule has 0 aromatic carbocycles. The van der Waals surface area contributed by atoms with E-state index in [9.17, 15) is 9.59 Å². The van der Waals surface area contributed by atoms with Crippen molar-refractivity contribution in [2.75, 3.05) is 41.5 Å². The van der Waals surface area contributed by atoms with Crippen molar-refractivity contribution in [2.24, 2.45) is 0 Å². The Morgan fingerprint density at radius 2 is 1.70 bits per heavy atom. The normalized spacial score (nSPS) is 12.4. The van der Waals surface area contributed by atoms with Crippen LogP contribution in [0.25, 0.3) is 0 Å². The third-order valence-corrected chi connectivity index (χ3v) is 6.03. The second kappa shape index (κ2) is 12.1. The summed E-state index contributed by atoms with van der Waals surface area (Å²) in [7, 11) is 3.47. The van der Waals surface area contributed by atoms with Gasteiger partial charge in [-0.05, 0) is 12.8 Å². The lowest BCUT2D eigenvalue weighted by atomic mass is 10.3. The highest BCUT2D eigenvalue weighted by atomic mass is 28.4. The van der Waals surface area contributed by atoms with E-state index in [2.05, 4.69) is 10.6 Å². The minimum atomic E-state index is -2.61. The molecule has 0 radical (unpaired) electrons. The molecule has 136 valence electrons. The highest BCUT2D eigenvalue weighted by molar-refractivity contribution is 6.60. The molecule has 1 unspecified atom stereocenters. The van der Waals surface area contributed by atoms with Crippen molar-refractivity contribution in [1.82, 2.24) is 10.6 Å². The zero-order valence-electron chi connectivity index (χ0n) is 14.5. The van der Waals surface area contributed by atoms with Crippen LogP contribution in [-0.2, 0) is 22.8 Å². The number of alkyl carbamates (subject to hydrolysis) is 2. The van der Waals surface area contributed by atoms with Crippen LogP contribution in [0.2, 0.25) is 6.04 Å². The van der Waals surface area contributed by atoms with Crippen LogP contribution < -0.4 is 10.6 Å². The summed E-state index contributed by atoms with van der Waals surface area (Å²) in [4.78, 5) is 22.7. The Morgan fingerprint density at radius 1 is 1.09 bits per heavy atom. The summed E-state index contributed by atoms with van der Waals surface area (Å²) >= 11 is 0. The smallest absolute Gasteiger partial charge is 0.446 e. The van der Waals surface area contributed by atoms with Gasteiger partial charge in [0.15, 0.2) is 0 Å². The van der Waals surface area contributed by atoms with E-state index in [1.165, 1.54) is 7.05 Å². The third kappa shape index (κ3) is 8.74. The molecule has 2 amide bonds. The number of rotatable bonds is 11. The van der Waals surface area contributed by atoms with E-state index in [0.717, 1.165) is 0 Å². The highest BCUT2D eigenvalue weighted by Gasteiger charge is 2.36. The van der Waals surface area contributed by atoms with Crippen LogP contribution in [0.1, 0.15) is 19.8 Å². The Balaban J connectivity index is 4.02. The van der Waals surface area contributed by atoms with Crippen molar-refractivity contribution < 1.29 is 32.3 Å². The number of amides is 2. The number of nitrogens with one attached hydrogen (secondary N) is 2. The predicted molar refractivity (Wildman–Crippen MR) is 85.2 cm³/mol. The van der Waals surface area contributed by atoms with E-state index in [1.54, 1.807) is 21.3 Å². The SMILES string of the molecule is CCC(COC(=O)NC)OC(=O)NCCC[Si](OC)(OC)OC. The largest absolute Gasteiger partial charge is 0.500 e. The molecule has 0 fully saturated rings. The van der Waals surface area contributed by atoms with Crippen LogP contribution >= 0.6 is 0 Å². The summed E-state index contributed by atoms with van der Waals surface area (Å²) in [6.07, 6.45) is -0.443. The van der Waals surface area contributed by atoms with Gasteiger partial charge in [0.25, 0.3) is 0 Å². The van der Waals surface area contributed by atoms with Crippen molar-refractivity contribution in [3.63, 3.8) is 0 Å². The fourth-order valence-corrected chi connectivity index (χ4v) is 3.44. The number of ether oxygens (including phenoxy) is 2. The van der Waals surface area contributed by atoms with Crippen LogP contribution in [0.5, 0.6) is 0 Å². The van der Waals surface area contributed by atoms with Crippen molar-refractivity contribution in [2.45, 2.75) is 31.9 Å². The van der Waals surface area contributed by atoms with Crippen LogP contribution in [0.15, 0.2) is 0 Å². The van der Waals surface area contributed by atoms with Crippen molar-refractivity contribution in [1.29, 1.82) is 0 Å². The fourth-order valence-electron chi connectivity index (χ4n) is 1.72. The molecule has 0 bridgehead atoms. The molecular weight excluding hydrogens is 324 g/mol. The van der Waals surface area contributed by atoms with Crippen LogP contribution in [0.4, 0.5) is 9.59 Å². The molecule has 0 saturated heterocycles. The number of hydrogen-bond acceptors (Lipinski definition) is 7. The minimum absolute atomic E-state index is 0.0106. The quantitative estimate of drug-likeness (QED) is 0.424. The third-order valence-electron chi connectivity index (χ3n) is 3.20. The minimum Gasteiger partial charge on any atom is -0.446 e. The first kappa shape index (κ1) is 21.6. The van der Waals surface area contributed by atoms with Crippen LogP contribution in [0, 0.1) is 0 Å². The summed E-state index contributed by atoms with van der Waals surface area (Å²) in [6.45, 7) is 2.24. The van der Waals surface area contributed by atoms with Gasteiger partial charge in [-0.2, -0.15) is 0 Å². The van der Waals surface area contributed by atoms with Gasteiger partial charge in [-0.25, -0.2) is 9.59 Å². The first-order valence-electron chi connectivity index (χ1n) is 7.41. The summed E-state index contributed by atoms with van der Waals surface area (Å²) in [5, 5.41) is 4.95. The molecule has 0 heterocycles. The molecule has 0 aliphatic heterocycles. The molecule has 23 heavy (non-hydrogen) atoms. The Bertz CT molecular complexity index is 345. The molecule has 2 N–H and O–H groups in total. The number of hydrogen-bond donors (Lipinski definition) is 2. The van der Waals surface area contributed by atoms with E-state index in [1.807, 2.05) is 6.92 Å². The Hall–Kier alpha value is -1.36. The molecule has 0 spiro atoms. The Morgan fingerprint density at radius 3 is 2.17 bits per heavy atom. The van der Waals surface area contributed by atoms with Gasteiger partial charge in [0, 0.05) is 41.0 Å². The van der Waals surface area contributed by atoms with E-state index in [-0.39, 0.29) is 6.61 Å². The van der Waals surface area contributed by atoms with E-state index in [4.69, 9.17) is 22.8 Å². The lowest BCUT2D eigenvalue weighted by Crippen LogP contribution is -2.43. The van der Waals surface area contributed by atoms with Gasteiger partial charge in [-0.3, -0.25) is 0 Å². The first-order valence-corrected chi connectivity index (χ1v) is 9.34. The van der Waals surface area contributed by atoms with E-state index in [0.29, 0.717) is 25.4 Å². The van der Waals surface area contributed by atoms with Crippen LogP contribution in [0.3, 0.4) is 0 Å². The standard InChI is InChI=1S/C13H28N2O7Si/c1-6-11(10-21-12(16)14-2)22-13(17)15-8-7-9-23(18-3,19-4)20-5/h11H,6-10H2,1-5H3,(H,14,16)(H,15,17). The molecule has 0 aliphatic carbocycles. The molecule has 0 aromatic rings. The summed E-state index contributed by atoms with van der Waals surface area (Å²) in [6, 6.07) is 0.577. The van der Waals surface area contributed by atoms with Gasteiger partial charge < -0.3 is 33.4 Å². The van der Waals surface area contributed by atoms with Gasteiger partial charge in [-0.1, -0.05) is 6.92 Å². The monoisotopic (exact) mass is 352 g/mol. The topological polar surface area (TPSA) is 104 Å².